The van der Waals surface area contributed by atoms with Gasteiger partial charge in [-0.05, 0) is 17.7 Å². The van der Waals surface area contributed by atoms with E-state index in [-0.39, 0.29) is 11.8 Å². The van der Waals surface area contributed by atoms with Gasteiger partial charge in [0, 0.05) is 35.9 Å². The van der Waals surface area contributed by atoms with Crippen molar-refractivity contribution >= 4 is 33.6 Å². The number of para-hydroxylation sites is 1. The van der Waals surface area contributed by atoms with Crippen LogP contribution in [0.5, 0.6) is 0 Å². The molecule has 0 bridgehead atoms. The van der Waals surface area contributed by atoms with Gasteiger partial charge in [-0.15, -0.1) is 0 Å². The molecule has 5 rings (SSSR count). The van der Waals surface area contributed by atoms with Crippen LogP contribution in [0.1, 0.15) is 11.6 Å². The number of carbonyl (C=O) groups is 1. The van der Waals surface area contributed by atoms with Crippen molar-refractivity contribution in [1.29, 1.82) is 0 Å². The average Bonchev–Trinajstić information content (AvgIpc) is 3.33. The number of nitrogens with one attached hydrogen (secondary N) is 1. The molecule has 5 aromatic rings. The van der Waals surface area contributed by atoms with Crippen LogP contribution in [0.25, 0.3) is 27.6 Å². The zero-order valence-corrected chi connectivity index (χ0v) is 14.5. The molecule has 1 aromatic carbocycles. The number of hydrogen-bond donors (Lipinski definition) is 2. The van der Waals surface area contributed by atoms with Crippen LogP contribution >= 0.6 is 0 Å². The van der Waals surface area contributed by atoms with Crippen LogP contribution in [-0.2, 0) is 11.2 Å². The second-order valence-electron chi connectivity index (χ2n) is 6.47. The topological polar surface area (TPSA) is 118 Å². The Labute approximate surface area is 156 Å². The van der Waals surface area contributed by atoms with Crippen LogP contribution in [0.2, 0.25) is 0 Å². The predicted octanol–water partition coefficient (Wildman–Crippen LogP) is 1.79. The van der Waals surface area contributed by atoms with Crippen LogP contribution in [0.4, 0.5) is 0 Å². The predicted molar refractivity (Wildman–Crippen MR) is 101 cm³/mol. The van der Waals surface area contributed by atoms with Gasteiger partial charge in [0.15, 0.2) is 0 Å². The molecule has 0 aliphatic heterocycles. The highest BCUT2D eigenvalue weighted by Crippen LogP contribution is 2.23. The molecule has 138 valence electrons. The maximum atomic E-state index is 13.0. The Hall–Kier alpha value is -4.01. The summed E-state index contributed by atoms with van der Waals surface area (Å²) in [5, 5.41) is 15.1. The summed E-state index contributed by atoms with van der Waals surface area (Å²) < 4.78 is 2.69. The van der Waals surface area contributed by atoms with Gasteiger partial charge in [-0.1, -0.05) is 18.2 Å². The third kappa shape index (κ3) is 2.37. The number of aromatic nitrogens is 6. The Morgan fingerprint density at radius 2 is 2.04 bits per heavy atom. The van der Waals surface area contributed by atoms with Gasteiger partial charge in [0.25, 0.3) is 11.3 Å². The lowest BCUT2D eigenvalue weighted by molar-refractivity contribution is -0.140. The van der Waals surface area contributed by atoms with Gasteiger partial charge in [0.1, 0.15) is 12.4 Å². The number of fused-ring (bicyclic) bond motifs is 4. The van der Waals surface area contributed by atoms with Gasteiger partial charge in [-0.25, -0.2) is 9.78 Å². The van der Waals surface area contributed by atoms with Gasteiger partial charge in [-0.2, -0.15) is 14.6 Å². The van der Waals surface area contributed by atoms with E-state index in [1.54, 1.807) is 12.3 Å². The van der Waals surface area contributed by atoms with Crippen molar-refractivity contribution in [3.63, 3.8) is 0 Å². The first-order chi connectivity index (χ1) is 13.6. The monoisotopic (exact) mass is 374 g/mol. The van der Waals surface area contributed by atoms with E-state index in [9.17, 15) is 14.7 Å². The Balaban J connectivity index is 1.65. The Kier molecular flexibility index (Phi) is 3.48. The van der Waals surface area contributed by atoms with Crippen molar-refractivity contribution in [3.8, 4) is 0 Å². The fraction of sp³-hybridized carbons (Fsp3) is 0.105. The molecule has 0 amide bonds. The van der Waals surface area contributed by atoms with E-state index in [1.807, 2.05) is 24.3 Å². The number of carboxylic acid groups (broad SMARTS) is 1. The lowest BCUT2D eigenvalue weighted by atomic mass is 10.0. The van der Waals surface area contributed by atoms with Crippen LogP contribution < -0.4 is 5.56 Å². The minimum atomic E-state index is -1.08. The highest BCUT2D eigenvalue weighted by Gasteiger charge is 2.24. The zero-order chi connectivity index (χ0) is 19.3. The van der Waals surface area contributed by atoms with E-state index < -0.39 is 17.6 Å². The zero-order valence-electron chi connectivity index (χ0n) is 14.5. The highest BCUT2D eigenvalue weighted by molar-refractivity contribution is 5.84. The maximum Gasteiger partial charge on any atom is 0.327 e. The molecule has 2 N–H and O–H groups in total. The third-order valence-electron chi connectivity index (χ3n) is 4.91. The number of pyridine rings is 1. The number of rotatable bonds is 4. The summed E-state index contributed by atoms with van der Waals surface area (Å²) in [6.07, 6.45) is 6.20. The molecule has 1 atom stereocenters. The number of nitrogens with zero attached hydrogens (tertiary/aromatic N) is 5. The minimum absolute atomic E-state index is 0.170. The Morgan fingerprint density at radius 1 is 1.18 bits per heavy atom. The SMILES string of the molecule is O=C(O)[C@H](Cc1c[nH]c2ccccc12)n1ccc2c(cnc3ncnn32)c1=O. The molecule has 0 radical (unpaired) electrons. The highest BCUT2D eigenvalue weighted by atomic mass is 16.4. The molecule has 0 saturated carbocycles. The summed E-state index contributed by atoms with van der Waals surface area (Å²) in [5.41, 5.74) is 1.85. The molecule has 0 aliphatic rings. The van der Waals surface area contributed by atoms with E-state index in [2.05, 4.69) is 20.1 Å². The molecule has 9 heteroatoms. The number of hydrogen-bond acceptors (Lipinski definition) is 5. The van der Waals surface area contributed by atoms with Gasteiger partial charge >= 0.3 is 5.97 Å². The van der Waals surface area contributed by atoms with E-state index in [1.165, 1.54) is 27.8 Å². The molecular weight excluding hydrogens is 360 g/mol. The molecule has 9 nitrogen and oxygen atoms in total. The van der Waals surface area contributed by atoms with Crippen molar-refractivity contribution in [1.82, 2.24) is 29.1 Å². The van der Waals surface area contributed by atoms with Gasteiger partial charge in [0.05, 0.1) is 10.9 Å². The van der Waals surface area contributed by atoms with E-state index in [0.29, 0.717) is 11.3 Å². The van der Waals surface area contributed by atoms with Crippen LogP contribution in [0.15, 0.2) is 60.0 Å². The van der Waals surface area contributed by atoms with Crippen molar-refractivity contribution in [2.24, 2.45) is 0 Å². The standard InChI is InChI=1S/C19H14N6O3/c26-17-13-9-21-19-22-10-23-25(19)15(13)5-6-24(17)16(18(27)28)7-11-8-20-14-4-2-1-3-12(11)14/h1-6,8-10,16,20H,7H2,(H,27,28)/t16-/m0/s1. The summed E-state index contributed by atoms with van der Waals surface area (Å²) >= 11 is 0. The quantitative estimate of drug-likeness (QED) is 0.495. The smallest absolute Gasteiger partial charge is 0.327 e. The summed E-state index contributed by atoms with van der Waals surface area (Å²) in [4.78, 5) is 36.3. The first-order valence-electron chi connectivity index (χ1n) is 8.61. The molecule has 0 saturated heterocycles. The fourth-order valence-corrected chi connectivity index (χ4v) is 3.54. The number of aliphatic carboxylic acids is 1. The number of benzene rings is 1. The number of carboxylic acids is 1. The third-order valence-corrected chi connectivity index (χ3v) is 4.91. The summed E-state index contributed by atoms with van der Waals surface area (Å²) in [5.74, 6) is -0.709. The summed E-state index contributed by atoms with van der Waals surface area (Å²) in [6, 6.07) is 8.25. The second-order valence-corrected chi connectivity index (χ2v) is 6.47. The van der Waals surface area contributed by atoms with Crippen LogP contribution in [0, 0.1) is 0 Å². The molecule has 4 aromatic heterocycles. The Bertz CT molecular complexity index is 1410. The van der Waals surface area contributed by atoms with Crippen molar-refractivity contribution < 1.29 is 9.90 Å². The van der Waals surface area contributed by atoms with Crippen molar-refractivity contribution in [2.45, 2.75) is 12.5 Å². The first-order valence-corrected chi connectivity index (χ1v) is 8.61. The lowest BCUT2D eigenvalue weighted by Crippen LogP contribution is -2.31. The number of aromatic amines is 1. The summed E-state index contributed by atoms with van der Waals surface area (Å²) in [7, 11) is 0. The molecular formula is C19H14N6O3. The molecule has 0 spiro atoms. The Morgan fingerprint density at radius 3 is 2.89 bits per heavy atom. The van der Waals surface area contributed by atoms with Crippen molar-refractivity contribution in [2.75, 3.05) is 0 Å². The normalized spacial score (nSPS) is 12.7. The molecule has 28 heavy (non-hydrogen) atoms. The molecule has 0 fully saturated rings. The van der Waals surface area contributed by atoms with E-state index in [0.717, 1.165) is 16.5 Å². The van der Waals surface area contributed by atoms with E-state index in [4.69, 9.17) is 0 Å². The van der Waals surface area contributed by atoms with Gasteiger partial charge < -0.3 is 14.7 Å². The second kappa shape index (κ2) is 6.02. The van der Waals surface area contributed by atoms with Crippen LogP contribution in [0.3, 0.4) is 0 Å². The minimum Gasteiger partial charge on any atom is -0.480 e. The lowest BCUT2D eigenvalue weighted by Gasteiger charge is -2.16. The van der Waals surface area contributed by atoms with E-state index >= 15 is 0 Å². The average molecular weight is 374 g/mol. The molecule has 0 unspecified atom stereocenters. The van der Waals surface area contributed by atoms with Gasteiger partial charge in [0.2, 0.25) is 0 Å². The molecule has 0 aliphatic carbocycles. The van der Waals surface area contributed by atoms with Crippen molar-refractivity contribution in [3.05, 3.63) is 71.2 Å². The summed E-state index contributed by atoms with van der Waals surface area (Å²) in [6.45, 7) is 0. The van der Waals surface area contributed by atoms with Crippen LogP contribution in [-0.4, -0.2) is 40.2 Å². The largest absolute Gasteiger partial charge is 0.480 e. The number of H-pyrrole nitrogens is 1. The molecule has 4 heterocycles. The fourth-order valence-electron chi connectivity index (χ4n) is 3.54. The maximum absolute atomic E-state index is 13.0. The van der Waals surface area contributed by atoms with Gasteiger partial charge in [-0.3, -0.25) is 4.79 Å². The first kappa shape index (κ1) is 16.2.